The zero-order chi connectivity index (χ0) is 17.8. The van der Waals surface area contributed by atoms with Gasteiger partial charge in [-0.3, -0.25) is 15.0 Å². The summed E-state index contributed by atoms with van der Waals surface area (Å²) in [7, 11) is 0. The number of rotatable bonds is 5. The van der Waals surface area contributed by atoms with Crippen LogP contribution < -0.4 is 10.1 Å². The van der Waals surface area contributed by atoms with E-state index in [0.717, 1.165) is 22.2 Å². The van der Waals surface area contributed by atoms with Crippen LogP contribution in [0.15, 0.2) is 67.3 Å². The number of aromatic nitrogens is 4. The second-order valence-corrected chi connectivity index (χ2v) is 5.86. The Labute approximate surface area is 150 Å². The Kier molecular flexibility index (Phi) is 4.38. The predicted octanol–water partition coefficient (Wildman–Crippen LogP) is 4.13. The summed E-state index contributed by atoms with van der Waals surface area (Å²) in [5, 5.41) is 4.39. The average Bonchev–Trinajstić information content (AvgIpc) is 2.66. The molecule has 0 saturated carbocycles. The molecule has 0 unspecified atom stereocenters. The third-order valence-corrected chi connectivity index (χ3v) is 3.84. The zero-order valence-electron chi connectivity index (χ0n) is 14.3. The maximum atomic E-state index is 5.75. The van der Waals surface area contributed by atoms with Crippen LogP contribution in [0.5, 0.6) is 11.6 Å². The van der Waals surface area contributed by atoms with Crippen LogP contribution in [0, 0.1) is 6.92 Å². The molecule has 3 heterocycles. The number of aryl methyl sites for hydroxylation is 1. The predicted molar refractivity (Wildman–Crippen MR) is 100 cm³/mol. The van der Waals surface area contributed by atoms with Gasteiger partial charge < -0.3 is 10.1 Å². The lowest BCUT2D eigenvalue weighted by Crippen LogP contribution is -2.02. The highest BCUT2D eigenvalue weighted by atomic mass is 16.5. The van der Waals surface area contributed by atoms with Crippen molar-refractivity contribution in [1.82, 2.24) is 19.9 Å². The van der Waals surface area contributed by atoms with E-state index in [0.29, 0.717) is 24.0 Å². The molecule has 0 atom stereocenters. The van der Waals surface area contributed by atoms with Crippen molar-refractivity contribution >= 4 is 16.7 Å². The van der Waals surface area contributed by atoms with E-state index >= 15 is 0 Å². The van der Waals surface area contributed by atoms with Gasteiger partial charge in [0.2, 0.25) is 5.88 Å². The van der Waals surface area contributed by atoms with E-state index in [1.807, 2.05) is 25.1 Å². The van der Waals surface area contributed by atoms with Crippen LogP contribution in [0.3, 0.4) is 0 Å². The van der Waals surface area contributed by atoms with Gasteiger partial charge in [-0.15, -0.1) is 0 Å². The molecule has 26 heavy (non-hydrogen) atoms. The van der Waals surface area contributed by atoms with Crippen molar-refractivity contribution in [3.05, 3.63) is 78.5 Å². The molecule has 0 radical (unpaired) electrons. The van der Waals surface area contributed by atoms with Crippen molar-refractivity contribution in [2.45, 2.75) is 13.5 Å². The van der Waals surface area contributed by atoms with Crippen molar-refractivity contribution in [2.24, 2.45) is 0 Å². The van der Waals surface area contributed by atoms with Crippen LogP contribution in [-0.4, -0.2) is 19.9 Å². The standard InChI is InChI=1S/C20H17N5O/c1-14-9-17(6-8-22-14)26-20-13-21-12-19(25-20)24-11-15-4-5-18-16(10-15)3-2-7-23-18/h2-10,12-13H,11H2,1H3,(H,24,25). The first-order chi connectivity index (χ1) is 12.8. The molecule has 6 nitrogen and oxygen atoms in total. The lowest BCUT2D eigenvalue weighted by atomic mass is 10.1. The van der Waals surface area contributed by atoms with Crippen LogP contribution in [0.1, 0.15) is 11.3 Å². The molecule has 128 valence electrons. The molecule has 0 aliphatic rings. The number of anilines is 1. The molecule has 0 aliphatic heterocycles. The SMILES string of the molecule is Cc1cc(Oc2cncc(NCc3ccc4ncccc4c3)n2)ccn1. The maximum Gasteiger partial charge on any atom is 0.239 e. The zero-order valence-corrected chi connectivity index (χ0v) is 14.3. The molecule has 3 aromatic heterocycles. The van der Waals surface area contributed by atoms with Gasteiger partial charge in [0.05, 0.1) is 17.9 Å². The van der Waals surface area contributed by atoms with Gasteiger partial charge in [0.1, 0.15) is 11.6 Å². The summed E-state index contributed by atoms with van der Waals surface area (Å²) in [4.78, 5) is 17.1. The molecule has 0 fully saturated rings. The maximum absolute atomic E-state index is 5.75. The summed E-state index contributed by atoms with van der Waals surface area (Å²) in [5.41, 5.74) is 3.01. The Balaban J connectivity index is 1.46. The molecule has 0 aliphatic carbocycles. The molecule has 0 spiro atoms. The van der Waals surface area contributed by atoms with E-state index in [1.165, 1.54) is 0 Å². The summed E-state index contributed by atoms with van der Waals surface area (Å²) in [6.45, 7) is 2.55. The van der Waals surface area contributed by atoms with Crippen molar-refractivity contribution < 1.29 is 4.74 Å². The number of pyridine rings is 2. The Morgan fingerprint density at radius 2 is 1.96 bits per heavy atom. The van der Waals surface area contributed by atoms with Gasteiger partial charge >= 0.3 is 0 Å². The van der Waals surface area contributed by atoms with Crippen LogP contribution in [0.2, 0.25) is 0 Å². The minimum absolute atomic E-state index is 0.434. The van der Waals surface area contributed by atoms with E-state index in [-0.39, 0.29) is 0 Å². The molecule has 4 aromatic rings. The van der Waals surface area contributed by atoms with Crippen molar-refractivity contribution in [3.63, 3.8) is 0 Å². The largest absolute Gasteiger partial charge is 0.437 e. The topological polar surface area (TPSA) is 72.8 Å². The molecule has 6 heteroatoms. The number of nitrogens with one attached hydrogen (secondary N) is 1. The number of nitrogens with zero attached hydrogens (tertiary/aromatic N) is 4. The fourth-order valence-electron chi connectivity index (χ4n) is 2.61. The van der Waals surface area contributed by atoms with Crippen LogP contribution in [0.4, 0.5) is 5.82 Å². The lowest BCUT2D eigenvalue weighted by molar-refractivity contribution is 0.459. The number of hydrogen-bond acceptors (Lipinski definition) is 6. The van der Waals surface area contributed by atoms with Crippen molar-refractivity contribution in [3.8, 4) is 11.6 Å². The molecule has 1 aromatic carbocycles. The molecular weight excluding hydrogens is 326 g/mol. The van der Waals surface area contributed by atoms with Crippen LogP contribution in [0.25, 0.3) is 10.9 Å². The molecule has 1 N–H and O–H groups in total. The number of hydrogen-bond donors (Lipinski definition) is 1. The summed E-state index contributed by atoms with van der Waals surface area (Å²) < 4.78 is 5.75. The monoisotopic (exact) mass is 343 g/mol. The molecule has 0 amide bonds. The van der Waals surface area contributed by atoms with Gasteiger partial charge in [-0.05, 0) is 36.8 Å². The molecule has 0 bridgehead atoms. The smallest absolute Gasteiger partial charge is 0.239 e. The van der Waals surface area contributed by atoms with Crippen LogP contribution >= 0.6 is 0 Å². The number of ether oxygens (including phenoxy) is 1. The fraction of sp³-hybridized carbons (Fsp3) is 0.100. The summed E-state index contributed by atoms with van der Waals surface area (Å²) in [5.74, 6) is 1.77. The van der Waals surface area contributed by atoms with E-state index in [9.17, 15) is 0 Å². The van der Waals surface area contributed by atoms with Gasteiger partial charge in [-0.25, -0.2) is 0 Å². The Hall–Kier alpha value is -3.54. The molecule has 4 rings (SSSR count). The highest BCUT2D eigenvalue weighted by Crippen LogP contribution is 2.20. The minimum atomic E-state index is 0.434. The number of benzene rings is 1. The summed E-state index contributed by atoms with van der Waals surface area (Å²) in [6, 6.07) is 13.8. The molecular formula is C20H17N5O. The number of fused-ring (bicyclic) bond motifs is 1. The molecule has 0 saturated heterocycles. The Bertz CT molecular complexity index is 1050. The highest BCUT2D eigenvalue weighted by Gasteiger charge is 2.03. The van der Waals surface area contributed by atoms with Crippen molar-refractivity contribution in [1.29, 1.82) is 0 Å². The minimum Gasteiger partial charge on any atom is -0.437 e. The fourth-order valence-corrected chi connectivity index (χ4v) is 2.61. The first kappa shape index (κ1) is 16.0. The second-order valence-electron chi connectivity index (χ2n) is 5.86. The van der Waals surface area contributed by atoms with Crippen molar-refractivity contribution in [2.75, 3.05) is 5.32 Å². The lowest BCUT2D eigenvalue weighted by Gasteiger charge is -2.09. The first-order valence-corrected chi connectivity index (χ1v) is 8.26. The Morgan fingerprint density at radius 3 is 2.88 bits per heavy atom. The van der Waals surface area contributed by atoms with Gasteiger partial charge in [-0.1, -0.05) is 12.1 Å². The Morgan fingerprint density at radius 1 is 1.00 bits per heavy atom. The average molecular weight is 343 g/mol. The van der Waals surface area contributed by atoms with E-state index in [2.05, 4.69) is 43.5 Å². The summed E-state index contributed by atoms with van der Waals surface area (Å²) >= 11 is 0. The third-order valence-electron chi connectivity index (χ3n) is 3.84. The van der Waals surface area contributed by atoms with Gasteiger partial charge in [-0.2, -0.15) is 4.98 Å². The normalized spacial score (nSPS) is 10.7. The third kappa shape index (κ3) is 3.75. The van der Waals surface area contributed by atoms with E-state index in [4.69, 9.17) is 4.74 Å². The summed E-state index contributed by atoms with van der Waals surface area (Å²) in [6.07, 6.45) is 6.76. The first-order valence-electron chi connectivity index (χ1n) is 8.26. The van der Waals surface area contributed by atoms with E-state index < -0.39 is 0 Å². The van der Waals surface area contributed by atoms with Gasteiger partial charge in [0, 0.05) is 36.1 Å². The second kappa shape index (κ2) is 7.14. The van der Waals surface area contributed by atoms with Gasteiger partial charge in [0.25, 0.3) is 0 Å². The quantitative estimate of drug-likeness (QED) is 0.587. The van der Waals surface area contributed by atoms with Crippen LogP contribution in [-0.2, 0) is 6.54 Å². The highest BCUT2D eigenvalue weighted by molar-refractivity contribution is 5.78. The van der Waals surface area contributed by atoms with E-state index in [1.54, 1.807) is 30.9 Å². The van der Waals surface area contributed by atoms with Gasteiger partial charge in [0.15, 0.2) is 0 Å².